The second-order valence-electron chi connectivity index (χ2n) is 5.36. The van der Waals surface area contributed by atoms with Gasteiger partial charge in [-0.3, -0.25) is 4.79 Å². The molecule has 0 saturated carbocycles. The number of aryl methyl sites for hydroxylation is 2. The number of hydrogen-bond acceptors (Lipinski definition) is 6. The third kappa shape index (κ3) is 4.34. The van der Waals surface area contributed by atoms with Gasteiger partial charge in [-0.15, -0.1) is 11.8 Å². The van der Waals surface area contributed by atoms with Crippen molar-refractivity contribution in [3.63, 3.8) is 0 Å². The summed E-state index contributed by atoms with van der Waals surface area (Å²) in [6.07, 6.45) is 0. The largest absolute Gasteiger partial charge is 0.384 e. The number of nitrogens with one attached hydrogen (secondary N) is 1. The molecule has 5 nitrogen and oxygen atoms in total. The van der Waals surface area contributed by atoms with E-state index in [1.54, 1.807) is 6.92 Å². The fraction of sp³-hybridized carbons (Fsp3) is 0.467. The summed E-state index contributed by atoms with van der Waals surface area (Å²) in [5, 5.41) is 20.8. The molecule has 7 heteroatoms. The van der Waals surface area contributed by atoms with Gasteiger partial charge < -0.3 is 14.9 Å². The zero-order valence-corrected chi connectivity index (χ0v) is 14.5. The van der Waals surface area contributed by atoms with Crippen molar-refractivity contribution in [1.82, 2.24) is 10.5 Å². The lowest BCUT2D eigenvalue weighted by atomic mass is 9.99. The molecule has 1 atom stereocenters. The third-order valence-corrected chi connectivity index (χ3v) is 5.08. The second-order valence-corrected chi connectivity index (χ2v) is 7.12. The topological polar surface area (TPSA) is 75.4 Å². The number of amides is 1. The third-order valence-electron chi connectivity index (χ3n) is 3.43. The zero-order chi connectivity index (χ0) is 16.2. The van der Waals surface area contributed by atoms with Crippen molar-refractivity contribution in [3.05, 3.63) is 39.4 Å². The van der Waals surface area contributed by atoms with Crippen LogP contribution in [0.2, 0.25) is 0 Å². The van der Waals surface area contributed by atoms with E-state index < -0.39 is 5.60 Å². The summed E-state index contributed by atoms with van der Waals surface area (Å²) < 4.78 is 5.09. The van der Waals surface area contributed by atoms with Crippen LogP contribution in [0.25, 0.3) is 0 Å². The summed E-state index contributed by atoms with van der Waals surface area (Å²) >= 11 is 3.03. The van der Waals surface area contributed by atoms with Crippen LogP contribution in [0.15, 0.2) is 21.3 Å². The number of rotatable bonds is 7. The van der Waals surface area contributed by atoms with E-state index in [0.717, 1.165) is 22.6 Å². The zero-order valence-electron chi connectivity index (χ0n) is 12.9. The minimum Gasteiger partial charge on any atom is -0.384 e. The molecule has 0 saturated heterocycles. The number of hydrogen-bond donors (Lipinski definition) is 2. The number of carbonyl (C=O) groups excluding carboxylic acids is 1. The van der Waals surface area contributed by atoms with Crippen LogP contribution in [0.5, 0.6) is 0 Å². The Hall–Kier alpha value is -1.31. The Kier molecular flexibility index (Phi) is 5.66. The first-order valence-corrected chi connectivity index (χ1v) is 9.01. The molecule has 1 amide bonds. The molecule has 22 heavy (non-hydrogen) atoms. The van der Waals surface area contributed by atoms with E-state index in [9.17, 15) is 9.90 Å². The van der Waals surface area contributed by atoms with Crippen molar-refractivity contribution in [2.24, 2.45) is 0 Å². The molecule has 0 bridgehead atoms. The number of nitrogens with zero attached hydrogens (tertiary/aromatic N) is 1. The minimum atomic E-state index is -1.04. The second kappa shape index (κ2) is 7.30. The van der Waals surface area contributed by atoms with E-state index in [1.165, 1.54) is 23.1 Å². The summed E-state index contributed by atoms with van der Waals surface area (Å²) in [6.45, 7) is 5.67. The molecule has 2 heterocycles. The van der Waals surface area contributed by atoms with Gasteiger partial charge in [0.1, 0.15) is 11.4 Å². The average Bonchev–Trinajstić information content (AvgIpc) is 3.10. The van der Waals surface area contributed by atoms with Gasteiger partial charge in [0, 0.05) is 11.3 Å². The van der Waals surface area contributed by atoms with E-state index in [0.29, 0.717) is 11.5 Å². The fourth-order valence-corrected chi connectivity index (χ4v) is 3.74. The Morgan fingerprint density at radius 3 is 2.91 bits per heavy atom. The number of aliphatic hydroxyl groups is 1. The molecule has 0 spiro atoms. The SMILES string of the molecule is Cc1noc(C)c1CSCC(=O)NCC(C)(O)c1ccsc1. The van der Waals surface area contributed by atoms with E-state index in [2.05, 4.69) is 10.5 Å². The summed E-state index contributed by atoms with van der Waals surface area (Å²) in [7, 11) is 0. The summed E-state index contributed by atoms with van der Waals surface area (Å²) in [4.78, 5) is 11.9. The summed E-state index contributed by atoms with van der Waals surface area (Å²) in [5.74, 6) is 1.73. The van der Waals surface area contributed by atoms with Crippen LogP contribution in [0.4, 0.5) is 0 Å². The maximum atomic E-state index is 11.9. The molecule has 2 rings (SSSR count). The molecule has 0 aromatic carbocycles. The molecule has 0 aliphatic rings. The quantitative estimate of drug-likeness (QED) is 0.810. The monoisotopic (exact) mass is 340 g/mol. The highest BCUT2D eigenvalue weighted by Gasteiger charge is 2.24. The van der Waals surface area contributed by atoms with Gasteiger partial charge in [0.25, 0.3) is 0 Å². The van der Waals surface area contributed by atoms with Crippen LogP contribution in [0.3, 0.4) is 0 Å². The number of thioether (sulfide) groups is 1. The minimum absolute atomic E-state index is 0.0905. The average molecular weight is 340 g/mol. The Balaban J connectivity index is 1.75. The van der Waals surface area contributed by atoms with Gasteiger partial charge in [-0.25, -0.2) is 0 Å². The molecule has 2 aromatic rings. The van der Waals surface area contributed by atoms with Crippen LogP contribution in [-0.4, -0.2) is 28.5 Å². The Bertz CT molecular complexity index is 601. The molecule has 2 N–H and O–H groups in total. The first-order valence-electron chi connectivity index (χ1n) is 6.91. The van der Waals surface area contributed by atoms with Crippen LogP contribution in [-0.2, 0) is 16.1 Å². The van der Waals surface area contributed by atoms with Crippen LogP contribution < -0.4 is 5.32 Å². The van der Waals surface area contributed by atoms with E-state index in [1.807, 2.05) is 30.7 Å². The predicted molar refractivity (Wildman–Crippen MR) is 89.0 cm³/mol. The fourth-order valence-electron chi connectivity index (χ4n) is 1.95. The lowest BCUT2D eigenvalue weighted by Crippen LogP contribution is -2.39. The molecule has 2 aromatic heterocycles. The molecule has 0 radical (unpaired) electrons. The van der Waals surface area contributed by atoms with E-state index >= 15 is 0 Å². The maximum absolute atomic E-state index is 11.9. The van der Waals surface area contributed by atoms with Crippen molar-refractivity contribution in [2.45, 2.75) is 32.1 Å². The van der Waals surface area contributed by atoms with E-state index in [4.69, 9.17) is 4.52 Å². The van der Waals surface area contributed by atoms with E-state index in [-0.39, 0.29) is 12.5 Å². The molecule has 0 aliphatic heterocycles. The van der Waals surface area contributed by atoms with Gasteiger partial charge in [0.05, 0.1) is 18.0 Å². The van der Waals surface area contributed by atoms with Crippen molar-refractivity contribution in [1.29, 1.82) is 0 Å². The van der Waals surface area contributed by atoms with Crippen LogP contribution in [0, 0.1) is 13.8 Å². The maximum Gasteiger partial charge on any atom is 0.230 e. The molecular formula is C15H20N2O3S2. The number of aromatic nitrogens is 1. The Labute approximate surface area is 138 Å². The van der Waals surface area contributed by atoms with Gasteiger partial charge in [-0.1, -0.05) is 5.16 Å². The van der Waals surface area contributed by atoms with Gasteiger partial charge >= 0.3 is 0 Å². The van der Waals surface area contributed by atoms with Gasteiger partial charge in [0.2, 0.25) is 5.91 Å². The lowest BCUT2D eigenvalue weighted by molar-refractivity contribution is -0.119. The number of thiophene rings is 1. The Morgan fingerprint density at radius 2 is 2.32 bits per heavy atom. The highest BCUT2D eigenvalue weighted by molar-refractivity contribution is 7.99. The first-order chi connectivity index (χ1) is 10.4. The molecule has 0 fully saturated rings. The lowest BCUT2D eigenvalue weighted by Gasteiger charge is -2.22. The summed E-state index contributed by atoms with van der Waals surface area (Å²) in [5.41, 5.74) is 1.69. The molecule has 1 unspecified atom stereocenters. The first kappa shape index (κ1) is 17.1. The van der Waals surface area contributed by atoms with Gasteiger partial charge in [-0.05, 0) is 43.2 Å². The Morgan fingerprint density at radius 1 is 1.55 bits per heavy atom. The van der Waals surface area contributed by atoms with Crippen molar-refractivity contribution in [3.8, 4) is 0 Å². The highest BCUT2D eigenvalue weighted by atomic mass is 32.2. The van der Waals surface area contributed by atoms with Crippen LogP contribution in [0.1, 0.15) is 29.5 Å². The van der Waals surface area contributed by atoms with Gasteiger partial charge in [-0.2, -0.15) is 11.3 Å². The van der Waals surface area contributed by atoms with Crippen molar-refractivity contribution < 1.29 is 14.4 Å². The smallest absolute Gasteiger partial charge is 0.230 e. The normalized spacial score (nSPS) is 13.8. The van der Waals surface area contributed by atoms with Crippen molar-refractivity contribution >= 4 is 29.0 Å². The van der Waals surface area contributed by atoms with Gasteiger partial charge in [0.15, 0.2) is 0 Å². The van der Waals surface area contributed by atoms with Crippen LogP contribution >= 0.6 is 23.1 Å². The highest BCUT2D eigenvalue weighted by Crippen LogP contribution is 2.22. The predicted octanol–water partition coefficient (Wildman–Crippen LogP) is 2.61. The molecule has 120 valence electrons. The number of carbonyl (C=O) groups is 1. The standard InChI is InChI=1S/C15H20N2O3S2/c1-10-13(11(2)20-17-10)7-22-8-14(18)16-9-15(3,19)12-4-5-21-6-12/h4-6,19H,7-9H2,1-3H3,(H,16,18). The molecule has 0 aliphatic carbocycles. The molecular weight excluding hydrogens is 320 g/mol. The van der Waals surface area contributed by atoms with Crippen molar-refractivity contribution in [2.75, 3.05) is 12.3 Å². The summed E-state index contributed by atoms with van der Waals surface area (Å²) in [6, 6.07) is 1.86.